The lowest BCUT2D eigenvalue weighted by Gasteiger charge is -2.15. The van der Waals surface area contributed by atoms with E-state index in [4.69, 9.17) is 42.1 Å². The number of anilines is 1. The van der Waals surface area contributed by atoms with Gasteiger partial charge >= 0.3 is 0 Å². The number of methoxy groups -OCH3 is 4. The second-order valence-corrected chi connectivity index (χ2v) is 6.83. The predicted molar refractivity (Wildman–Crippen MR) is 117 cm³/mol. The highest BCUT2D eigenvalue weighted by Crippen LogP contribution is 2.41. The number of azo groups is 1. The Labute approximate surface area is 189 Å². The van der Waals surface area contributed by atoms with Gasteiger partial charge in [0.25, 0.3) is 5.91 Å². The summed E-state index contributed by atoms with van der Waals surface area (Å²) in [5.74, 6) is -0.0265. The lowest BCUT2D eigenvalue weighted by Crippen LogP contribution is -2.32. The van der Waals surface area contributed by atoms with Crippen LogP contribution in [0.15, 0.2) is 34.5 Å². The molecule has 2 aromatic carbocycles. The summed E-state index contributed by atoms with van der Waals surface area (Å²) in [4.78, 5) is 24.8. The van der Waals surface area contributed by atoms with E-state index in [0.717, 1.165) is 0 Å². The van der Waals surface area contributed by atoms with Crippen LogP contribution in [0, 0.1) is 0 Å². The van der Waals surface area contributed by atoms with Gasteiger partial charge in [0.15, 0.2) is 17.3 Å². The standard InChI is InChI=1S/C20H21Cl2N3O6/c1-10(26)17(24-25-18-12(21)8-11(28-2)9-15(18)30-4)20(27)23-13-6-7-14(29-3)16(22)19(13)31-5/h6-9,17H,1-5H3,(H,23,27). The lowest BCUT2D eigenvalue weighted by atomic mass is 10.2. The molecule has 0 saturated heterocycles. The Kier molecular flexibility index (Phi) is 8.47. The summed E-state index contributed by atoms with van der Waals surface area (Å²) in [5, 5.41) is 10.8. The second kappa shape index (κ2) is 10.8. The Hall–Kier alpha value is -3.04. The van der Waals surface area contributed by atoms with Gasteiger partial charge in [0, 0.05) is 12.1 Å². The Morgan fingerprint density at radius 2 is 1.65 bits per heavy atom. The van der Waals surface area contributed by atoms with Gasteiger partial charge in [-0.15, -0.1) is 5.11 Å². The average Bonchev–Trinajstić information content (AvgIpc) is 2.74. The molecule has 11 heteroatoms. The summed E-state index contributed by atoms with van der Waals surface area (Å²) in [6, 6.07) is 4.68. The van der Waals surface area contributed by atoms with Gasteiger partial charge in [0.2, 0.25) is 6.04 Å². The predicted octanol–water partition coefficient (Wildman–Crippen LogP) is 4.71. The van der Waals surface area contributed by atoms with Crippen molar-refractivity contribution in [1.29, 1.82) is 0 Å². The smallest absolute Gasteiger partial charge is 0.258 e. The first-order valence-electron chi connectivity index (χ1n) is 8.81. The maximum absolute atomic E-state index is 12.7. The molecule has 2 aromatic rings. The third-order valence-electron chi connectivity index (χ3n) is 4.11. The van der Waals surface area contributed by atoms with E-state index in [2.05, 4.69) is 15.5 Å². The molecule has 0 heterocycles. The average molecular weight is 470 g/mol. The first kappa shape index (κ1) is 24.2. The van der Waals surface area contributed by atoms with Gasteiger partial charge < -0.3 is 24.3 Å². The van der Waals surface area contributed by atoms with Crippen molar-refractivity contribution in [3.8, 4) is 23.0 Å². The molecule has 31 heavy (non-hydrogen) atoms. The van der Waals surface area contributed by atoms with Crippen molar-refractivity contribution in [2.24, 2.45) is 10.2 Å². The Morgan fingerprint density at radius 1 is 0.968 bits per heavy atom. The van der Waals surface area contributed by atoms with Gasteiger partial charge in [-0.1, -0.05) is 23.2 Å². The van der Waals surface area contributed by atoms with E-state index in [1.54, 1.807) is 12.1 Å². The summed E-state index contributed by atoms with van der Waals surface area (Å²) in [5.41, 5.74) is 0.383. The van der Waals surface area contributed by atoms with Crippen LogP contribution in [0.4, 0.5) is 11.4 Å². The van der Waals surface area contributed by atoms with Gasteiger partial charge in [0.05, 0.1) is 39.1 Å². The first-order valence-corrected chi connectivity index (χ1v) is 9.57. The highest BCUT2D eigenvalue weighted by atomic mass is 35.5. The third-order valence-corrected chi connectivity index (χ3v) is 4.75. The van der Waals surface area contributed by atoms with E-state index in [1.165, 1.54) is 47.5 Å². The molecule has 0 aliphatic rings. The SMILES string of the molecule is COc1cc(Cl)c(N=NC(C(C)=O)C(=O)Nc2ccc(OC)c(Cl)c2OC)c(OC)c1. The maximum atomic E-state index is 12.7. The first-order chi connectivity index (χ1) is 14.8. The monoisotopic (exact) mass is 469 g/mol. The summed E-state index contributed by atoms with van der Waals surface area (Å²) >= 11 is 12.4. The number of nitrogens with zero attached hydrogens (tertiary/aromatic N) is 2. The van der Waals surface area contributed by atoms with Crippen molar-refractivity contribution in [3.05, 3.63) is 34.3 Å². The Bertz CT molecular complexity index is 1010. The lowest BCUT2D eigenvalue weighted by molar-refractivity contribution is -0.126. The van der Waals surface area contributed by atoms with Crippen LogP contribution in [-0.2, 0) is 9.59 Å². The number of Topliss-reactive ketones (excluding diaryl/α,β-unsaturated/α-hetero) is 1. The van der Waals surface area contributed by atoms with Crippen molar-refractivity contribution < 1.29 is 28.5 Å². The Morgan fingerprint density at radius 3 is 2.19 bits per heavy atom. The van der Waals surface area contributed by atoms with Gasteiger partial charge in [-0.05, 0) is 19.1 Å². The van der Waals surface area contributed by atoms with Crippen LogP contribution in [0.25, 0.3) is 0 Å². The van der Waals surface area contributed by atoms with Crippen LogP contribution >= 0.6 is 23.2 Å². The summed E-state index contributed by atoms with van der Waals surface area (Å²) in [6.45, 7) is 1.22. The zero-order valence-electron chi connectivity index (χ0n) is 17.5. The molecule has 9 nitrogen and oxygen atoms in total. The number of carbonyl (C=O) groups excluding carboxylic acids is 2. The molecule has 1 N–H and O–H groups in total. The number of hydrogen-bond acceptors (Lipinski definition) is 8. The van der Waals surface area contributed by atoms with Crippen molar-refractivity contribution in [2.75, 3.05) is 33.8 Å². The van der Waals surface area contributed by atoms with Gasteiger partial charge in [0.1, 0.15) is 22.2 Å². The minimum absolute atomic E-state index is 0.147. The normalized spacial score (nSPS) is 11.7. The number of carbonyl (C=O) groups is 2. The number of rotatable bonds is 9. The summed E-state index contributed by atoms with van der Waals surface area (Å²) < 4.78 is 20.7. The summed E-state index contributed by atoms with van der Waals surface area (Å²) in [7, 11) is 5.72. The van der Waals surface area contributed by atoms with Gasteiger partial charge in [-0.2, -0.15) is 5.11 Å². The van der Waals surface area contributed by atoms with E-state index >= 15 is 0 Å². The van der Waals surface area contributed by atoms with Crippen molar-refractivity contribution in [1.82, 2.24) is 0 Å². The molecule has 1 atom stereocenters. The number of halogens is 2. The number of hydrogen-bond donors (Lipinski definition) is 1. The summed E-state index contributed by atoms with van der Waals surface area (Å²) in [6.07, 6.45) is 0. The van der Waals surface area contributed by atoms with E-state index < -0.39 is 17.7 Å². The number of amides is 1. The molecular formula is C20H21Cl2N3O6. The van der Waals surface area contributed by atoms with E-state index in [0.29, 0.717) is 11.5 Å². The molecule has 2 rings (SSSR count). The van der Waals surface area contributed by atoms with Crippen LogP contribution < -0.4 is 24.3 Å². The minimum Gasteiger partial charge on any atom is -0.497 e. The highest BCUT2D eigenvalue weighted by molar-refractivity contribution is 6.34. The number of nitrogens with one attached hydrogen (secondary N) is 1. The molecule has 0 bridgehead atoms. The van der Waals surface area contributed by atoms with Crippen LogP contribution in [0.2, 0.25) is 10.0 Å². The van der Waals surface area contributed by atoms with E-state index in [9.17, 15) is 9.59 Å². The van der Waals surface area contributed by atoms with Crippen LogP contribution in [0.5, 0.6) is 23.0 Å². The molecule has 0 radical (unpaired) electrons. The minimum atomic E-state index is -1.45. The van der Waals surface area contributed by atoms with Gasteiger partial charge in [-0.25, -0.2) is 0 Å². The molecular weight excluding hydrogens is 449 g/mol. The third kappa shape index (κ3) is 5.56. The fourth-order valence-corrected chi connectivity index (χ4v) is 3.11. The highest BCUT2D eigenvalue weighted by Gasteiger charge is 2.26. The zero-order chi connectivity index (χ0) is 23.1. The van der Waals surface area contributed by atoms with Crippen LogP contribution in [-0.4, -0.2) is 46.2 Å². The maximum Gasteiger partial charge on any atom is 0.258 e. The molecule has 0 spiro atoms. The van der Waals surface area contributed by atoms with Crippen LogP contribution in [0.1, 0.15) is 6.92 Å². The molecule has 1 unspecified atom stereocenters. The number of ketones is 1. The number of benzene rings is 2. The van der Waals surface area contributed by atoms with Crippen LogP contribution in [0.3, 0.4) is 0 Å². The largest absolute Gasteiger partial charge is 0.497 e. The van der Waals surface area contributed by atoms with Gasteiger partial charge in [-0.3, -0.25) is 9.59 Å². The molecule has 0 aliphatic carbocycles. The topological polar surface area (TPSA) is 108 Å². The van der Waals surface area contributed by atoms with Crippen molar-refractivity contribution in [3.63, 3.8) is 0 Å². The number of ether oxygens (including phenoxy) is 4. The molecule has 166 valence electrons. The fourth-order valence-electron chi connectivity index (χ4n) is 2.55. The van der Waals surface area contributed by atoms with E-state index in [1.807, 2.05) is 0 Å². The molecule has 0 aliphatic heterocycles. The molecule has 1 amide bonds. The quantitative estimate of drug-likeness (QED) is 0.420. The molecule has 0 aromatic heterocycles. The fraction of sp³-hybridized carbons (Fsp3) is 0.300. The zero-order valence-corrected chi connectivity index (χ0v) is 19.0. The van der Waals surface area contributed by atoms with E-state index in [-0.39, 0.29) is 32.9 Å². The molecule has 0 saturated carbocycles. The van der Waals surface area contributed by atoms with Crippen molar-refractivity contribution >= 4 is 46.3 Å². The molecule has 0 fully saturated rings. The second-order valence-electron chi connectivity index (χ2n) is 6.04. The Balaban J connectivity index is 2.35. The van der Waals surface area contributed by atoms with Crippen molar-refractivity contribution in [2.45, 2.75) is 13.0 Å².